The van der Waals surface area contributed by atoms with Crippen LogP contribution in [-0.4, -0.2) is 10.9 Å². The lowest BCUT2D eigenvalue weighted by Crippen LogP contribution is -2.14. The van der Waals surface area contributed by atoms with Crippen LogP contribution in [-0.2, 0) is 24.1 Å². The lowest BCUT2D eigenvalue weighted by molar-refractivity contribution is -0.115. The zero-order valence-corrected chi connectivity index (χ0v) is 13.8. The number of hydrogen-bond acceptors (Lipinski definition) is 3. The quantitative estimate of drug-likeness (QED) is 0.904. The van der Waals surface area contributed by atoms with Crippen molar-refractivity contribution in [1.29, 1.82) is 0 Å². The topological polar surface area (TPSA) is 42.0 Å². The molecular formula is C15H16Cl2N2OS. The number of fused-ring (bicyclic) bond motifs is 1. The Morgan fingerprint density at radius 1 is 1.24 bits per heavy atom. The second-order valence-electron chi connectivity index (χ2n) is 4.95. The first-order chi connectivity index (χ1) is 9.70. The second kappa shape index (κ2) is 7.25. The lowest BCUT2D eigenvalue weighted by atomic mass is 10.0. The molecule has 1 heterocycles. The average molecular weight is 343 g/mol. The summed E-state index contributed by atoms with van der Waals surface area (Å²) in [6, 6.07) is 7.34. The number of thiazole rings is 1. The Bertz CT molecular complexity index is 602. The van der Waals surface area contributed by atoms with Crippen molar-refractivity contribution in [3.63, 3.8) is 0 Å². The van der Waals surface area contributed by atoms with Crippen LogP contribution in [0.1, 0.15) is 29.0 Å². The van der Waals surface area contributed by atoms with Crippen LogP contribution >= 0.6 is 35.3 Å². The molecule has 1 aromatic carbocycles. The van der Waals surface area contributed by atoms with Crippen LogP contribution < -0.4 is 5.32 Å². The maximum absolute atomic E-state index is 12.0. The van der Waals surface area contributed by atoms with Gasteiger partial charge in [-0.15, -0.1) is 23.7 Å². The van der Waals surface area contributed by atoms with Gasteiger partial charge in [0.15, 0.2) is 5.13 Å². The van der Waals surface area contributed by atoms with Gasteiger partial charge in [0, 0.05) is 9.90 Å². The number of benzene rings is 1. The van der Waals surface area contributed by atoms with Crippen molar-refractivity contribution in [2.45, 2.75) is 32.1 Å². The third-order valence-corrected chi connectivity index (χ3v) is 4.69. The van der Waals surface area contributed by atoms with Gasteiger partial charge in [0.25, 0.3) is 0 Å². The van der Waals surface area contributed by atoms with E-state index < -0.39 is 0 Å². The summed E-state index contributed by atoms with van der Waals surface area (Å²) in [6.07, 6.45) is 4.92. The summed E-state index contributed by atoms with van der Waals surface area (Å²) >= 11 is 7.44. The standard InChI is InChI=1S/C15H15ClN2OS.ClH/c16-11-7-5-10(6-8-11)9-14(19)18-15-17-12-3-1-2-4-13(12)20-15;/h5-8H,1-4,9H2,(H,17,18,19);1H. The van der Waals surface area contributed by atoms with E-state index in [2.05, 4.69) is 10.3 Å². The molecule has 1 amide bonds. The van der Waals surface area contributed by atoms with Gasteiger partial charge >= 0.3 is 0 Å². The molecule has 3 nitrogen and oxygen atoms in total. The molecule has 0 atom stereocenters. The fourth-order valence-electron chi connectivity index (χ4n) is 2.36. The maximum Gasteiger partial charge on any atom is 0.230 e. The Kier molecular flexibility index (Phi) is 5.62. The second-order valence-corrected chi connectivity index (χ2v) is 6.47. The predicted molar refractivity (Wildman–Crippen MR) is 89.8 cm³/mol. The molecule has 0 bridgehead atoms. The van der Waals surface area contributed by atoms with E-state index in [0.717, 1.165) is 23.5 Å². The molecule has 21 heavy (non-hydrogen) atoms. The molecule has 6 heteroatoms. The normalized spacial score (nSPS) is 13.2. The molecule has 0 fully saturated rings. The average Bonchev–Trinajstić information content (AvgIpc) is 2.83. The summed E-state index contributed by atoms with van der Waals surface area (Å²) in [5.41, 5.74) is 2.12. The Morgan fingerprint density at radius 2 is 1.95 bits per heavy atom. The minimum absolute atomic E-state index is 0. The third kappa shape index (κ3) is 4.19. The molecule has 1 N–H and O–H groups in total. The van der Waals surface area contributed by atoms with Crippen LogP contribution in [0, 0.1) is 0 Å². The summed E-state index contributed by atoms with van der Waals surface area (Å²) in [7, 11) is 0. The molecule has 0 aliphatic heterocycles. The van der Waals surface area contributed by atoms with Gasteiger partial charge in [0.05, 0.1) is 12.1 Å². The highest BCUT2D eigenvalue weighted by atomic mass is 35.5. The number of carbonyl (C=O) groups is 1. The number of aryl methyl sites for hydroxylation is 2. The zero-order valence-electron chi connectivity index (χ0n) is 11.4. The van der Waals surface area contributed by atoms with Crippen molar-refractivity contribution < 1.29 is 4.79 Å². The van der Waals surface area contributed by atoms with Crippen molar-refractivity contribution in [1.82, 2.24) is 4.98 Å². The summed E-state index contributed by atoms with van der Waals surface area (Å²) in [4.78, 5) is 17.8. The van der Waals surface area contributed by atoms with E-state index in [1.54, 1.807) is 23.5 Å². The molecule has 1 aliphatic carbocycles. The van der Waals surface area contributed by atoms with Crippen molar-refractivity contribution in [2.75, 3.05) is 5.32 Å². The van der Waals surface area contributed by atoms with E-state index in [1.165, 1.54) is 23.4 Å². The monoisotopic (exact) mass is 342 g/mol. The van der Waals surface area contributed by atoms with Crippen molar-refractivity contribution in [3.05, 3.63) is 45.4 Å². The van der Waals surface area contributed by atoms with E-state index in [0.29, 0.717) is 11.4 Å². The molecule has 0 spiro atoms. The predicted octanol–water partition coefficient (Wildman–Crippen LogP) is 4.28. The van der Waals surface area contributed by atoms with E-state index in [4.69, 9.17) is 11.6 Å². The molecule has 3 rings (SSSR count). The smallest absolute Gasteiger partial charge is 0.230 e. The number of halogens is 2. The minimum atomic E-state index is -0.0292. The number of aromatic nitrogens is 1. The molecule has 0 radical (unpaired) electrons. The van der Waals surface area contributed by atoms with Gasteiger partial charge in [-0.05, 0) is 43.4 Å². The van der Waals surface area contributed by atoms with Crippen molar-refractivity contribution in [3.8, 4) is 0 Å². The van der Waals surface area contributed by atoms with Crippen LogP contribution in [0.15, 0.2) is 24.3 Å². The van der Waals surface area contributed by atoms with Gasteiger partial charge in [-0.1, -0.05) is 23.7 Å². The van der Waals surface area contributed by atoms with E-state index in [1.807, 2.05) is 12.1 Å². The Balaban J connectivity index is 0.00000161. The van der Waals surface area contributed by atoms with E-state index in [9.17, 15) is 4.79 Å². The van der Waals surface area contributed by atoms with Gasteiger partial charge in [-0.3, -0.25) is 4.79 Å². The van der Waals surface area contributed by atoms with Gasteiger partial charge in [-0.2, -0.15) is 0 Å². The van der Waals surface area contributed by atoms with Crippen molar-refractivity contribution in [2.24, 2.45) is 0 Å². The van der Waals surface area contributed by atoms with Gasteiger partial charge in [-0.25, -0.2) is 4.98 Å². The first kappa shape index (κ1) is 16.3. The Labute approximate surface area is 139 Å². The Morgan fingerprint density at radius 3 is 2.67 bits per heavy atom. The number of hydrogen-bond donors (Lipinski definition) is 1. The van der Waals surface area contributed by atoms with Crippen LogP contribution in [0.4, 0.5) is 5.13 Å². The first-order valence-corrected chi connectivity index (χ1v) is 7.93. The van der Waals surface area contributed by atoms with Gasteiger partial charge in [0.2, 0.25) is 5.91 Å². The first-order valence-electron chi connectivity index (χ1n) is 6.73. The molecule has 1 aromatic heterocycles. The summed E-state index contributed by atoms with van der Waals surface area (Å²) in [5.74, 6) is -0.0292. The van der Waals surface area contributed by atoms with Crippen LogP contribution in [0.5, 0.6) is 0 Å². The number of rotatable bonds is 3. The highest BCUT2D eigenvalue weighted by Gasteiger charge is 2.16. The number of anilines is 1. The van der Waals surface area contributed by atoms with E-state index >= 15 is 0 Å². The SMILES string of the molecule is Cl.O=C(Cc1ccc(Cl)cc1)Nc1nc2c(s1)CCCC2. The molecule has 0 saturated heterocycles. The highest BCUT2D eigenvalue weighted by Crippen LogP contribution is 2.29. The maximum atomic E-state index is 12.0. The van der Waals surface area contributed by atoms with Gasteiger partial charge in [0.1, 0.15) is 0 Å². The van der Waals surface area contributed by atoms with Crippen LogP contribution in [0.2, 0.25) is 5.02 Å². The molecule has 0 saturated carbocycles. The zero-order chi connectivity index (χ0) is 13.9. The van der Waals surface area contributed by atoms with Gasteiger partial charge < -0.3 is 5.32 Å². The van der Waals surface area contributed by atoms with Crippen LogP contribution in [0.25, 0.3) is 0 Å². The number of carbonyl (C=O) groups excluding carboxylic acids is 1. The fourth-order valence-corrected chi connectivity index (χ4v) is 3.55. The molecule has 1 aliphatic rings. The molecular weight excluding hydrogens is 327 g/mol. The number of nitrogens with zero attached hydrogens (tertiary/aromatic N) is 1. The third-order valence-electron chi connectivity index (χ3n) is 3.37. The summed E-state index contributed by atoms with van der Waals surface area (Å²) in [5, 5.41) is 4.31. The number of nitrogens with one attached hydrogen (secondary N) is 1. The fraction of sp³-hybridized carbons (Fsp3) is 0.333. The molecule has 2 aromatic rings. The Hall–Kier alpha value is -1.10. The molecule has 0 unspecified atom stereocenters. The summed E-state index contributed by atoms with van der Waals surface area (Å²) < 4.78 is 0. The highest BCUT2D eigenvalue weighted by molar-refractivity contribution is 7.15. The lowest BCUT2D eigenvalue weighted by Gasteiger charge is -2.06. The van der Waals surface area contributed by atoms with Crippen LogP contribution in [0.3, 0.4) is 0 Å². The summed E-state index contributed by atoms with van der Waals surface area (Å²) in [6.45, 7) is 0. The molecule has 112 valence electrons. The van der Waals surface area contributed by atoms with E-state index in [-0.39, 0.29) is 18.3 Å². The van der Waals surface area contributed by atoms with Crippen molar-refractivity contribution >= 4 is 46.4 Å². The minimum Gasteiger partial charge on any atom is -0.302 e. The largest absolute Gasteiger partial charge is 0.302 e. The number of amides is 1.